The molecule has 0 aliphatic carbocycles. The van der Waals surface area contributed by atoms with E-state index in [1.165, 1.54) is 0 Å². The van der Waals surface area contributed by atoms with Crippen LogP contribution in [0.25, 0.3) is 0 Å². The minimum atomic E-state index is -0.251. The molecule has 1 unspecified atom stereocenters. The van der Waals surface area contributed by atoms with Crippen molar-refractivity contribution in [2.45, 2.75) is 12.6 Å². The smallest absolute Gasteiger partial charge is 0.119 e. The largest absolute Gasteiger partial charge is 0.489 e. The van der Waals surface area contributed by atoms with Gasteiger partial charge in [0.25, 0.3) is 0 Å². The highest BCUT2D eigenvalue weighted by molar-refractivity contribution is 5.35. The number of nitrogens with one attached hydrogen (secondary N) is 1. The van der Waals surface area contributed by atoms with Gasteiger partial charge in [-0.3, -0.25) is 0 Å². The molecule has 0 heterocycles. The Morgan fingerprint density at radius 1 is 0.739 bits per heavy atom. The maximum atomic E-state index is 9.47. The van der Waals surface area contributed by atoms with E-state index in [-0.39, 0.29) is 6.04 Å². The first-order valence-corrected chi connectivity index (χ1v) is 7.58. The van der Waals surface area contributed by atoms with Gasteiger partial charge in [0, 0.05) is 0 Å². The van der Waals surface area contributed by atoms with Gasteiger partial charge >= 0.3 is 0 Å². The highest BCUT2D eigenvalue weighted by Gasteiger charge is 2.12. The summed E-state index contributed by atoms with van der Waals surface area (Å²) in [5.41, 5.74) is 5.49. The molecule has 0 fully saturated rings. The summed E-state index contributed by atoms with van der Waals surface area (Å²) in [5, 5.41) is 9.47. The fourth-order valence-corrected chi connectivity index (χ4v) is 2.48. The van der Waals surface area contributed by atoms with Gasteiger partial charge in [0.1, 0.15) is 12.4 Å². The van der Waals surface area contributed by atoms with Crippen molar-refractivity contribution in [1.82, 2.24) is 5.48 Å². The van der Waals surface area contributed by atoms with Crippen molar-refractivity contribution in [2.24, 2.45) is 0 Å². The molecule has 3 aromatic rings. The molecule has 3 nitrogen and oxygen atoms in total. The monoisotopic (exact) mass is 305 g/mol. The van der Waals surface area contributed by atoms with Crippen LogP contribution in [0.5, 0.6) is 5.75 Å². The molecule has 3 aromatic carbocycles. The lowest BCUT2D eigenvalue weighted by Crippen LogP contribution is -2.18. The van der Waals surface area contributed by atoms with Gasteiger partial charge in [0.05, 0.1) is 6.04 Å². The number of hydrogen-bond donors (Lipinski definition) is 2. The molecule has 0 bridgehead atoms. The second kappa shape index (κ2) is 7.58. The lowest BCUT2D eigenvalue weighted by molar-refractivity contribution is 0.141. The Bertz CT molecular complexity index is 712. The van der Waals surface area contributed by atoms with Gasteiger partial charge < -0.3 is 9.94 Å². The van der Waals surface area contributed by atoms with E-state index in [4.69, 9.17) is 4.74 Å². The molecule has 0 radical (unpaired) electrons. The standard InChI is InChI=1S/C20H19NO2/c22-21-20(17-9-5-2-6-10-17)18-11-13-19(14-12-18)23-15-16-7-3-1-4-8-16/h1-14,20-22H,15H2. The summed E-state index contributed by atoms with van der Waals surface area (Å²) in [6.45, 7) is 0.542. The van der Waals surface area contributed by atoms with Gasteiger partial charge in [-0.15, -0.1) is 0 Å². The van der Waals surface area contributed by atoms with Crippen LogP contribution in [0.4, 0.5) is 0 Å². The molecule has 0 aliphatic heterocycles. The van der Waals surface area contributed by atoms with E-state index in [0.717, 1.165) is 22.4 Å². The van der Waals surface area contributed by atoms with Crippen LogP contribution in [-0.4, -0.2) is 5.21 Å². The lowest BCUT2D eigenvalue weighted by atomic mass is 9.99. The third kappa shape index (κ3) is 3.97. The average Bonchev–Trinajstić information content (AvgIpc) is 2.63. The van der Waals surface area contributed by atoms with Crippen molar-refractivity contribution in [3.63, 3.8) is 0 Å². The number of hydroxylamine groups is 1. The van der Waals surface area contributed by atoms with Gasteiger partial charge in [-0.1, -0.05) is 72.8 Å². The Kier molecular flexibility index (Phi) is 5.04. The molecular weight excluding hydrogens is 286 g/mol. The molecule has 3 rings (SSSR count). The summed E-state index contributed by atoms with van der Waals surface area (Å²) in [5.74, 6) is 0.808. The first kappa shape index (κ1) is 15.3. The van der Waals surface area contributed by atoms with Crippen molar-refractivity contribution < 1.29 is 9.94 Å². The molecular formula is C20H19NO2. The second-order valence-corrected chi connectivity index (χ2v) is 5.32. The Morgan fingerprint density at radius 3 is 1.91 bits per heavy atom. The van der Waals surface area contributed by atoms with Crippen LogP contribution in [0.3, 0.4) is 0 Å². The van der Waals surface area contributed by atoms with E-state index in [1.807, 2.05) is 84.9 Å². The maximum absolute atomic E-state index is 9.47. The third-order valence-corrected chi connectivity index (χ3v) is 3.72. The van der Waals surface area contributed by atoms with E-state index in [2.05, 4.69) is 5.48 Å². The summed E-state index contributed by atoms with van der Waals surface area (Å²) in [7, 11) is 0. The molecule has 116 valence electrons. The van der Waals surface area contributed by atoms with Gasteiger partial charge in [-0.25, -0.2) is 0 Å². The first-order chi connectivity index (χ1) is 11.4. The van der Waals surface area contributed by atoms with E-state index in [9.17, 15) is 5.21 Å². The van der Waals surface area contributed by atoms with Crippen LogP contribution < -0.4 is 10.2 Å². The Labute approximate surface area is 136 Å². The Hall–Kier alpha value is -2.62. The zero-order chi connectivity index (χ0) is 15.9. The van der Waals surface area contributed by atoms with Gasteiger partial charge in [0.2, 0.25) is 0 Å². The van der Waals surface area contributed by atoms with Crippen LogP contribution in [0.15, 0.2) is 84.9 Å². The second-order valence-electron chi connectivity index (χ2n) is 5.32. The fraction of sp³-hybridized carbons (Fsp3) is 0.100. The number of ether oxygens (including phenoxy) is 1. The van der Waals surface area contributed by atoms with Gasteiger partial charge in [-0.2, -0.15) is 5.48 Å². The summed E-state index contributed by atoms with van der Waals surface area (Å²) in [4.78, 5) is 0. The quantitative estimate of drug-likeness (QED) is 0.666. The van der Waals surface area contributed by atoms with Crippen LogP contribution in [0.2, 0.25) is 0 Å². The fourth-order valence-electron chi connectivity index (χ4n) is 2.48. The summed E-state index contributed by atoms with van der Waals surface area (Å²) >= 11 is 0. The van der Waals surface area contributed by atoms with E-state index in [1.54, 1.807) is 0 Å². The summed E-state index contributed by atoms with van der Waals surface area (Å²) < 4.78 is 5.78. The molecule has 0 aromatic heterocycles. The minimum absolute atomic E-state index is 0.251. The summed E-state index contributed by atoms with van der Waals surface area (Å²) in [6, 6.07) is 27.4. The Balaban J connectivity index is 1.69. The predicted octanol–water partition coefficient (Wildman–Crippen LogP) is 4.33. The Morgan fingerprint density at radius 2 is 1.30 bits per heavy atom. The van der Waals surface area contributed by atoms with Crippen LogP contribution in [0.1, 0.15) is 22.7 Å². The molecule has 0 saturated carbocycles. The topological polar surface area (TPSA) is 41.5 Å². The molecule has 2 N–H and O–H groups in total. The first-order valence-electron chi connectivity index (χ1n) is 7.58. The summed E-state index contributed by atoms with van der Waals surface area (Å²) in [6.07, 6.45) is 0. The van der Waals surface area contributed by atoms with Crippen molar-refractivity contribution in [3.8, 4) is 5.75 Å². The minimum Gasteiger partial charge on any atom is -0.489 e. The zero-order valence-electron chi connectivity index (χ0n) is 12.7. The number of benzene rings is 3. The highest BCUT2D eigenvalue weighted by Crippen LogP contribution is 2.24. The predicted molar refractivity (Wildman–Crippen MR) is 90.4 cm³/mol. The van der Waals surface area contributed by atoms with E-state index in [0.29, 0.717) is 6.61 Å². The van der Waals surface area contributed by atoms with Crippen LogP contribution in [-0.2, 0) is 6.61 Å². The SMILES string of the molecule is ONC(c1ccccc1)c1ccc(OCc2ccccc2)cc1. The van der Waals surface area contributed by atoms with Crippen LogP contribution in [0, 0.1) is 0 Å². The molecule has 0 saturated heterocycles. The van der Waals surface area contributed by atoms with Crippen molar-refractivity contribution in [3.05, 3.63) is 102 Å². The van der Waals surface area contributed by atoms with Crippen LogP contribution >= 0.6 is 0 Å². The highest BCUT2D eigenvalue weighted by atomic mass is 16.5. The molecule has 0 amide bonds. The average molecular weight is 305 g/mol. The van der Waals surface area contributed by atoms with Crippen molar-refractivity contribution in [2.75, 3.05) is 0 Å². The van der Waals surface area contributed by atoms with Crippen molar-refractivity contribution in [1.29, 1.82) is 0 Å². The third-order valence-electron chi connectivity index (χ3n) is 3.72. The molecule has 1 atom stereocenters. The van der Waals surface area contributed by atoms with Gasteiger partial charge in [-0.05, 0) is 28.8 Å². The molecule has 0 aliphatic rings. The number of rotatable bonds is 6. The zero-order valence-corrected chi connectivity index (χ0v) is 12.7. The van der Waals surface area contributed by atoms with Gasteiger partial charge in [0.15, 0.2) is 0 Å². The van der Waals surface area contributed by atoms with E-state index >= 15 is 0 Å². The molecule has 23 heavy (non-hydrogen) atoms. The van der Waals surface area contributed by atoms with Crippen molar-refractivity contribution >= 4 is 0 Å². The van der Waals surface area contributed by atoms with E-state index < -0.39 is 0 Å². The maximum Gasteiger partial charge on any atom is 0.119 e. The normalized spacial score (nSPS) is 11.9. The molecule has 0 spiro atoms. The lowest BCUT2D eigenvalue weighted by Gasteiger charge is -2.16. The number of hydrogen-bond acceptors (Lipinski definition) is 3. The molecule has 3 heteroatoms.